The van der Waals surface area contributed by atoms with Crippen molar-refractivity contribution in [2.45, 2.75) is 24.7 Å². The third kappa shape index (κ3) is 5.05. The van der Waals surface area contributed by atoms with Gasteiger partial charge in [0, 0.05) is 44.8 Å². The standard InChI is InChI=1S/C23H29FN4O3S/c1-17-3-2-12-28(16-17)23(29)18-4-9-22(27-13-10-25-11-14-27)21(15-18)26-32(30,31)20-7-5-19(24)6-8-20/h4-9,15,17,25-26H,2-3,10-14,16H2,1H3/t17-/m0/s1. The lowest BCUT2D eigenvalue weighted by Crippen LogP contribution is -2.44. The third-order valence-electron chi connectivity index (χ3n) is 6.01. The number of likely N-dealkylation sites (tertiary alicyclic amines) is 1. The van der Waals surface area contributed by atoms with Crippen molar-refractivity contribution in [3.63, 3.8) is 0 Å². The summed E-state index contributed by atoms with van der Waals surface area (Å²) in [4.78, 5) is 17.0. The van der Waals surface area contributed by atoms with Crippen molar-refractivity contribution >= 4 is 27.3 Å². The second-order valence-electron chi connectivity index (χ2n) is 8.53. The Labute approximate surface area is 188 Å². The molecule has 7 nitrogen and oxygen atoms in total. The summed E-state index contributed by atoms with van der Waals surface area (Å²) in [6.45, 7) is 6.57. The summed E-state index contributed by atoms with van der Waals surface area (Å²) < 4.78 is 42.0. The molecule has 0 spiro atoms. The molecule has 2 fully saturated rings. The largest absolute Gasteiger partial charge is 0.367 e. The third-order valence-corrected chi connectivity index (χ3v) is 7.40. The van der Waals surface area contributed by atoms with Gasteiger partial charge in [-0.25, -0.2) is 12.8 Å². The molecular weight excluding hydrogens is 431 g/mol. The van der Waals surface area contributed by atoms with Gasteiger partial charge in [-0.3, -0.25) is 9.52 Å². The maximum absolute atomic E-state index is 13.3. The van der Waals surface area contributed by atoms with Gasteiger partial charge in [-0.15, -0.1) is 0 Å². The van der Waals surface area contributed by atoms with Gasteiger partial charge in [0.1, 0.15) is 5.82 Å². The molecule has 0 unspecified atom stereocenters. The van der Waals surface area contributed by atoms with E-state index in [0.717, 1.165) is 56.8 Å². The first kappa shape index (κ1) is 22.5. The number of piperidine rings is 1. The lowest BCUT2D eigenvalue weighted by Gasteiger charge is -2.33. The predicted molar refractivity (Wildman–Crippen MR) is 123 cm³/mol. The molecule has 0 aliphatic carbocycles. The van der Waals surface area contributed by atoms with E-state index in [0.29, 0.717) is 30.3 Å². The molecule has 2 aromatic rings. The Hall–Kier alpha value is -2.65. The zero-order chi connectivity index (χ0) is 22.7. The van der Waals surface area contributed by atoms with E-state index in [-0.39, 0.29) is 10.8 Å². The van der Waals surface area contributed by atoms with Crippen molar-refractivity contribution in [2.75, 3.05) is 48.9 Å². The second-order valence-corrected chi connectivity index (χ2v) is 10.2. The second kappa shape index (κ2) is 9.46. The zero-order valence-electron chi connectivity index (χ0n) is 18.2. The number of anilines is 2. The quantitative estimate of drug-likeness (QED) is 0.717. The Morgan fingerprint density at radius 3 is 2.50 bits per heavy atom. The van der Waals surface area contributed by atoms with E-state index in [4.69, 9.17) is 0 Å². The number of amides is 1. The molecule has 1 atom stereocenters. The van der Waals surface area contributed by atoms with Crippen LogP contribution >= 0.6 is 0 Å². The highest BCUT2D eigenvalue weighted by atomic mass is 32.2. The summed E-state index contributed by atoms with van der Waals surface area (Å²) in [5.41, 5.74) is 1.53. The summed E-state index contributed by atoms with van der Waals surface area (Å²) in [5, 5.41) is 3.28. The Bertz CT molecular complexity index is 1070. The first-order valence-corrected chi connectivity index (χ1v) is 12.5. The summed E-state index contributed by atoms with van der Waals surface area (Å²) in [6.07, 6.45) is 2.07. The highest BCUT2D eigenvalue weighted by Crippen LogP contribution is 2.31. The van der Waals surface area contributed by atoms with E-state index in [9.17, 15) is 17.6 Å². The Kier molecular flexibility index (Phi) is 6.66. The number of hydrogen-bond donors (Lipinski definition) is 2. The topological polar surface area (TPSA) is 81.8 Å². The highest BCUT2D eigenvalue weighted by molar-refractivity contribution is 7.92. The van der Waals surface area contributed by atoms with Gasteiger partial charge in [0.15, 0.2) is 0 Å². The van der Waals surface area contributed by atoms with Crippen molar-refractivity contribution in [3.8, 4) is 0 Å². The lowest BCUT2D eigenvalue weighted by molar-refractivity contribution is 0.0683. The number of halogens is 1. The smallest absolute Gasteiger partial charge is 0.261 e. The van der Waals surface area contributed by atoms with Gasteiger partial charge in [0.05, 0.1) is 16.3 Å². The van der Waals surface area contributed by atoms with Gasteiger partial charge in [-0.1, -0.05) is 6.92 Å². The maximum atomic E-state index is 13.3. The monoisotopic (exact) mass is 460 g/mol. The van der Waals surface area contributed by atoms with Gasteiger partial charge in [-0.05, 0) is 61.2 Å². The van der Waals surface area contributed by atoms with Crippen LogP contribution < -0.4 is 14.9 Å². The van der Waals surface area contributed by atoms with Crippen molar-refractivity contribution in [1.29, 1.82) is 0 Å². The number of carbonyl (C=O) groups excluding carboxylic acids is 1. The fourth-order valence-corrected chi connectivity index (χ4v) is 5.37. The molecule has 2 aliphatic heterocycles. The average molecular weight is 461 g/mol. The van der Waals surface area contributed by atoms with Gasteiger partial charge in [-0.2, -0.15) is 0 Å². The van der Waals surface area contributed by atoms with E-state index in [1.54, 1.807) is 12.1 Å². The molecular formula is C23H29FN4O3S. The molecule has 0 aromatic heterocycles. The molecule has 2 saturated heterocycles. The first-order valence-electron chi connectivity index (χ1n) is 11.0. The van der Waals surface area contributed by atoms with Gasteiger partial charge >= 0.3 is 0 Å². The van der Waals surface area contributed by atoms with Gasteiger partial charge in [0.25, 0.3) is 15.9 Å². The predicted octanol–water partition coefficient (Wildman–Crippen LogP) is 2.91. The molecule has 4 rings (SSSR count). The van der Waals surface area contributed by atoms with Crippen LogP contribution in [-0.2, 0) is 10.0 Å². The maximum Gasteiger partial charge on any atom is 0.261 e. The van der Waals surface area contributed by atoms with Crippen molar-refractivity contribution in [1.82, 2.24) is 10.2 Å². The molecule has 32 heavy (non-hydrogen) atoms. The van der Waals surface area contributed by atoms with Crippen molar-refractivity contribution in [3.05, 3.63) is 53.8 Å². The first-order chi connectivity index (χ1) is 15.3. The van der Waals surface area contributed by atoms with Crippen LogP contribution in [0.1, 0.15) is 30.1 Å². The molecule has 172 valence electrons. The average Bonchev–Trinajstić information content (AvgIpc) is 2.79. The van der Waals surface area contributed by atoms with Gasteiger partial charge in [0.2, 0.25) is 0 Å². The number of nitrogens with zero attached hydrogens (tertiary/aromatic N) is 2. The Morgan fingerprint density at radius 2 is 1.81 bits per heavy atom. The summed E-state index contributed by atoms with van der Waals surface area (Å²) in [5.74, 6) is -0.149. The fraction of sp³-hybridized carbons (Fsp3) is 0.435. The Balaban J connectivity index is 1.67. The van der Waals surface area contributed by atoms with Crippen molar-refractivity contribution < 1.29 is 17.6 Å². The SMILES string of the molecule is C[C@H]1CCCN(C(=O)c2ccc(N3CCNCC3)c(NS(=O)(=O)c3ccc(F)cc3)c2)C1. The van der Waals surface area contributed by atoms with E-state index in [2.05, 4.69) is 21.9 Å². The Morgan fingerprint density at radius 1 is 1.09 bits per heavy atom. The molecule has 0 bridgehead atoms. The number of hydrogen-bond acceptors (Lipinski definition) is 5. The van der Waals surface area contributed by atoms with Crippen LogP contribution in [0.4, 0.5) is 15.8 Å². The number of carbonyl (C=O) groups is 1. The molecule has 2 aromatic carbocycles. The summed E-state index contributed by atoms with van der Waals surface area (Å²) in [7, 11) is -3.95. The number of nitrogens with one attached hydrogen (secondary N) is 2. The van der Waals surface area contributed by atoms with Crippen LogP contribution in [0.5, 0.6) is 0 Å². The van der Waals surface area contributed by atoms with Crippen LogP contribution in [0.3, 0.4) is 0 Å². The zero-order valence-corrected chi connectivity index (χ0v) is 19.0. The molecule has 1 amide bonds. The minimum absolute atomic E-state index is 0.0354. The van der Waals surface area contributed by atoms with Crippen LogP contribution in [0, 0.1) is 11.7 Å². The molecule has 2 aliphatic rings. The van der Waals surface area contributed by atoms with E-state index in [1.807, 2.05) is 11.0 Å². The van der Waals surface area contributed by atoms with E-state index in [1.165, 1.54) is 12.1 Å². The number of benzene rings is 2. The molecule has 2 N–H and O–H groups in total. The number of rotatable bonds is 5. The summed E-state index contributed by atoms with van der Waals surface area (Å²) >= 11 is 0. The normalized spacial score (nSPS) is 19.6. The van der Waals surface area contributed by atoms with Crippen molar-refractivity contribution in [2.24, 2.45) is 5.92 Å². The molecule has 0 saturated carbocycles. The van der Waals surface area contributed by atoms with Crippen LogP contribution in [-0.4, -0.2) is 58.5 Å². The number of piperazine rings is 1. The van der Waals surface area contributed by atoms with E-state index < -0.39 is 15.8 Å². The van der Waals surface area contributed by atoms with Gasteiger partial charge < -0.3 is 15.1 Å². The molecule has 9 heteroatoms. The minimum Gasteiger partial charge on any atom is -0.367 e. The molecule has 2 heterocycles. The van der Waals surface area contributed by atoms with Crippen LogP contribution in [0.2, 0.25) is 0 Å². The summed E-state index contributed by atoms with van der Waals surface area (Å²) in [6, 6.07) is 9.90. The van der Waals surface area contributed by atoms with Crippen LogP contribution in [0.15, 0.2) is 47.4 Å². The van der Waals surface area contributed by atoms with E-state index >= 15 is 0 Å². The lowest BCUT2D eigenvalue weighted by atomic mass is 9.99. The highest BCUT2D eigenvalue weighted by Gasteiger charge is 2.25. The molecule has 0 radical (unpaired) electrons. The van der Waals surface area contributed by atoms with Crippen LogP contribution in [0.25, 0.3) is 0 Å². The fourth-order valence-electron chi connectivity index (χ4n) is 4.31. The minimum atomic E-state index is -3.95. The number of sulfonamides is 1.